The monoisotopic (exact) mass is 339 g/mol. The summed E-state index contributed by atoms with van der Waals surface area (Å²) < 4.78 is 9.68. The van der Waals surface area contributed by atoms with Crippen molar-refractivity contribution in [1.82, 2.24) is 0 Å². The molecule has 0 radical (unpaired) electrons. The Kier molecular flexibility index (Phi) is 4.27. The van der Waals surface area contributed by atoms with Gasteiger partial charge in [0.2, 0.25) is 5.91 Å². The van der Waals surface area contributed by atoms with E-state index in [-0.39, 0.29) is 0 Å². The molecular weight excluding hydrogens is 322 g/mol. The molecule has 0 aromatic heterocycles. The molecule has 6 nitrogen and oxygen atoms in total. The molecule has 0 unspecified atom stereocenters. The molecule has 1 aliphatic rings. The molecule has 0 bridgehead atoms. The number of nitrogens with one attached hydrogen (secondary N) is 1. The van der Waals surface area contributed by atoms with Gasteiger partial charge in [0.1, 0.15) is 5.41 Å². The molecule has 2 aromatic carbocycles. The van der Waals surface area contributed by atoms with Gasteiger partial charge in [0.05, 0.1) is 14.2 Å². The van der Waals surface area contributed by atoms with Gasteiger partial charge in [0.15, 0.2) is 5.92 Å². The van der Waals surface area contributed by atoms with Crippen LogP contribution in [0.4, 0.5) is 5.69 Å². The molecule has 0 fully saturated rings. The summed E-state index contributed by atoms with van der Waals surface area (Å²) in [5.41, 5.74) is 0.0392. The van der Waals surface area contributed by atoms with Crippen LogP contribution in [0.3, 0.4) is 0 Å². The highest BCUT2D eigenvalue weighted by Gasteiger charge is 2.60. The molecule has 0 saturated heterocycles. The first-order valence-corrected chi connectivity index (χ1v) is 7.69. The van der Waals surface area contributed by atoms with Crippen LogP contribution in [0.1, 0.15) is 11.1 Å². The summed E-state index contributed by atoms with van der Waals surface area (Å²) in [6.45, 7) is 0. The number of carbonyl (C=O) groups excluding carboxylic acids is 3. The first-order valence-electron chi connectivity index (χ1n) is 7.69. The normalized spacial score (nSPS) is 18.4. The number of methoxy groups -OCH3 is 2. The predicted molar refractivity (Wildman–Crippen MR) is 89.8 cm³/mol. The summed E-state index contributed by atoms with van der Waals surface area (Å²) in [6.07, 6.45) is 0. The highest BCUT2D eigenvalue weighted by molar-refractivity contribution is 6.15. The number of para-hydroxylation sites is 1. The maximum absolute atomic E-state index is 13.1. The fourth-order valence-electron chi connectivity index (χ4n) is 3.41. The van der Waals surface area contributed by atoms with Crippen LogP contribution in [0.25, 0.3) is 0 Å². The Balaban J connectivity index is 2.37. The number of carbonyl (C=O) groups is 3. The van der Waals surface area contributed by atoms with E-state index in [0.29, 0.717) is 16.8 Å². The second kappa shape index (κ2) is 6.39. The smallest absolute Gasteiger partial charge is 0.321 e. The molecule has 1 aliphatic heterocycles. The lowest BCUT2D eigenvalue weighted by atomic mass is 9.66. The van der Waals surface area contributed by atoms with Crippen molar-refractivity contribution < 1.29 is 23.9 Å². The van der Waals surface area contributed by atoms with Crippen LogP contribution >= 0.6 is 0 Å². The van der Waals surface area contributed by atoms with Crippen molar-refractivity contribution in [2.24, 2.45) is 5.92 Å². The van der Waals surface area contributed by atoms with Crippen molar-refractivity contribution in [1.29, 1.82) is 0 Å². The third-order valence-electron chi connectivity index (χ3n) is 4.49. The number of fused-ring (bicyclic) bond motifs is 1. The zero-order chi connectivity index (χ0) is 18.0. The zero-order valence-corrected chi connectivity index (χ0v) is 13.8. The van der Waals surface area contributed by atoms with E-state index < -0.39 is 29.2 Å². The molecule has 128 valence electrons. The number of ether oxygens (including phenoxy) is 2. The largest absolute Gasteiger partial charge is 0.468 e. The van der Waals surface area contributed by atoms with Crippen molar-refractivity contribution >= 4 is 23.5 Å². The van der Waals surface area contributed by atoms with Gasteiger partial charge in [-0.3, -0.25) is 14.4 Å². The molecule has 1 atom stereocenters. The Morgan fingerprint density at radius 2 is 1.48 bits per heavy atom. The summed E-state index contributed by atoms with van der Waals surface area (Å²) >= 11 is 0. The highest BCUT2D eigenvalue weighted by atomic mass is 16.5. The van der Waals surface area contributed by atoms with E-state index in [1.165, 1.54) is 14.2 Å². The molecular formula is C19H17NO5. The number of hydrogen-bond acceptors (Lipinski definition) is 5. The number of rotatable bonds is 4. The minimum absolute atomic E-state index is 0.472. The minimum atomic E-state index is -1.56. The van der Waals surface area contributed by atoms with Crippen molar-refractivity contribution in [3.8, 4) is 0 Å². The quantitative estimate of drug-likeness (QED) is 0.679. The van der Waals surface area contributed by atoms with Crippen molar-refractivity contribution in [3.05, 3.63) is 65.7 Å². The number of amides is 1. The van der Waals surface area contributed by atoms with E-state index in [2.05, 4.69) is 5.32 Å². The Bertz CT molecular complexity index is 817. The molecule has 2 aromatic rings. The molecule has 25 heavy (non-hydrogen) atoms. The van der Waals surface area contributed by atoms with Crippen LogP contribution in [0.15, 0.2) is 54.6 Å². The number of benzene rings is 2. The van der Waals surface area contributed by atoms with Gasteiger partial charge in [0, 0.05) is 5.69 Å². The number of hydrogen-bond donors (Lipinski definition) is 1. The van der Waals surface area contributed by atoms with E-state index in [0.717, 1.165) is 0 Å². The number of anilines is 1. The topological polar surface area (TPSA) is 81.7 Å². The maximum atomic E-state index is 13.1. The Hall–Kier alpha value is -3.15. The lowest BCUT2D eigenvalue weighted by Gasteiger charge is -2.33. The average molecular weight is 339 g/mol. The molecule has 0 aliphatic carbocycles. The summed E-state index contributed by atoms with van der Waals surface area (Å²) in [7, 11) is 2.35. The standard InChI is InChI=1S/C19H17NO5/c1-24-16(21)15(17(22)25-2)19(12-8-4-3-5-9-12)13-10-6-7-11-14(13)20-18(19)23/h3-11,15H,1-2H3,(H,20,23)/t19-/m0/s1. The van der Waals surface area contributed by atoms with Crippen LogP contribution in [0.5, 0.6) is 0 Å². The summed E-state index contributed by atoms with van der Waals surface area (Å²) in [5, 5.41) is 2.77. The summed E-state index contributed by atoms with van der Waals surface area (Å²) in [4.78, 5) is 38.2. The van der Waals surface area contributed by atoms with Crippen LogP contribution in [-0.2, 0) is 29.3 Å². The summed E-state index contributed by atoms with van der Waals surface area (Å²) in [6, 6.07) is 15.7. The second-order valence-electron chi connectivity index (χ2n) is 5.65. The van der Waals surface area contributed by atoms with E-state index in [1.807, 2.05) is 0 Å². The van der Waals surface area contributed by atoms with Gasteiger partial charge in [-0.15, -0.1) is 0 Å². The van der Waals surface area contributed by atoms with E-state index >= 15 is 0 Å². The van der Waals surface area contributed by atoms with E-state index in [4.69, 9.17) is 9.47 Å². The van der Waals surface area contributed by atoms with Crippen LogP contribution in [0.2, 0.25) is 0 Å². The third kappa shape index (κ3) is 2.38. The summed E-state index contributed by atoms with van der Waals surface area (Å²) in [5.74, 6) is -3.60. The molecule has 1 heterocycles. The second-order valence-corrected chi connectivity index (χ2v) is 5.65. The molecule has 0 spiro atoms. The van der Waals surface area contributed by atoms with Gasteiger partial charge in [-0.2, -0.15) is 0 Å². The molecule has 3 rings (SSSR count). The Morgan fingerprint density at radius 3 is 2.08 bits per heavy atom. The SMILES string of the molecule is COC(=O)C(C(=O)OC)[C@@]1(c2ccccc2)C(=O)Nc2ccccc21. The van der Waals surface area contributed by atoms with Crippen molar-refractivity contribution in [3.63, 3.8) is 0 Å². The minimum Gasteiger partial charge on any atom is -0.468 e. The van der Waals surface area contributed by atoms with Gasteiger partial charge in [0.25, 0.3) is 0 Å². The highest BCUT2D eigenvalue weighted by Crippen LogP contribution is 2.48. The van der Waals surface area contributed by atoms with E-state index in [9.17, 15) is 14.4 Å². The van der Waals surface area contributed by atoms with Gasteiger partial charge in [-0.25, -0.2) is 0 Å². The van der Waals surface area contributed by atoms with Crippen LogP contribution in [0, 0.1) is 5.92 Å². The average Bonchev–Trinajstić information content (AvgIpc) is 2.95. The van der Waals surface area contributed by atoms with Gasteiger partial charge in [-0.05, 0) is 17.2 Å². The lowest BCUT2D eigenvalue weighted by molar-refractivity contribution is -0.163. The molecule has 1 amide bonds. The number of esters is 2. The third-order valence-corrected chi connectivity index (χ3v) is 4.49. The first kappa shape index (κ1) is 16.7. The molecule has 0 saturated carbocycles. The first-order chi connectivity index (χ1) is 12.1. The van der Waals surface area contributed by atoms with E-state index in [1.54, 1.807) is 54.6 Å². The van der Waals surface area contributed by atoms with Crippen molar-refractivity contribution in [2.45, 2.75) is 5.41 Å². The Morgan fingerprint density at radius 1 is 0.920 bits per heavy atom. The molecule has 6 heteroatoms. The van der Waals surface area contributed by atoms with Gasteiger partial charge in [-0.1, -0.05) is 48.5 Å². The zero-order valence-electron chi connectivity index (χ0n) is 13.8. The van der Waals surface area contributed by atoms with Gasteiger partial charge >= 0.3 is 11.9 Å². The fraction of sp³-hybridized carbons (Fsp3) is 0.211. The fourth-order valence-corrected chi connectivity index (χ4v) is 3.41. The van der Waals surface area contributed by atoms with Gasteiger partial charge < -0.3 is 14.8 Å². The van der Waals surface area contributed by atoms with Crippen molar-refractivity contribution in [2.75, 3.05) is 19.5 Å². The Labute approximate surface area is 144 Å². The van der Waals surface area contributed by atoms with Crippen LogP contribution < -0.4 is 5.32 Å². The lowest BCUT2D eigenvalue weighted by Crippen LogP contribution is -2.50. The predicted octanol–water partition coefficient (Wildman–Crippen LogP) is 1.89. The maximum Gasteiger partial charge on any atom is 0.321 e. The van der Waals surface area contributed by atoms with Crippen LogP contribution in [-0.4, -0.2) is 32.1 Å². The molecule has 1 N–H and O–H groups in total.